The highest BCUT2D eigenvalue weighted by atomic mass is 79.9. The van der Waals surface area contributed by atoms with Crippen LogP contribution in [0, 0.1) is 0 Å². The fraction of sp³-hybridized carbons (Fsp3) is 0.333. The van der Waals surface area contributed by atoms with Gasteiger partial charge in [-0.25, -0.2) is 0 Å². The van der Waals surface area contributed by atoms with E-state index in [0.717, 1.165) is 22.3 Å². The molecule has 3 heteroatoms. The second-order valence-electron chi connectivity index (χ2n) is 5.63. The van der Waals surface area contributed by atoms with Crippen LogP contribution in [-0.4, -0.2) is 12.1 Å². The van der Waals surface area contributed by atoms with E-state index < -0.39 is 0 Å². The van der Waals surface area contributed by atoms with Crippen molar-refractivity contribution in [2.45, 2.75) is 38.8 Å². The van der Waals surface area contributed by atoms with Gasteiger partial charge in [0.15, 0.2) is 0 Å². The third-order valence-corrected chi connectivity index (χ3v) is 4.26. The molecular weight excluding hydrogens is 346 g/mol. The number of benzene rings is 2. The van der Waals surface area contributed by atoms with Gasteiger partial charge >= 0.3 is 0 Å². The normalized spacial score (nSPS) is 13.9. The van der Waals surface area contributed by atoms with Gasteiger partial charge in [-0.2, -0.15) is 0 Å². The van der Waals surface area contributed by atoms with Gasteiger partial charge in [0.05, 0.1) is 0 Å². The number of rotatable bonds is 6. The summed E-state index contributed by atoms with van der Waals surface area (Å²) >= 11 is 9.38. The average Bonchev–Trinajstić information content (AvgIpc) is 2.44. The topological polar surface area (TPSA) is 12.0 Å². The van der Waals surface area contributed by atoms with Crippen LogP contribution in [0.5, 0.6) is 0 Å². The molecule has 0 spiro atoms. The Hall–Kier alpha value is -0.830. The maximum Gasteiger partial charge on any atom is 0.0406 e. The van der Waals surface area contributed by atoms with Crippen molar-refractivity contribution in [1.29, 1.82) is 0 Å². The van der Waals surface area contributed by atoms with Gasteiger partial charge in [-0.3, -0.25) is 0 Å². The Morgan fingerprint density at radius 1 is 0.857 bits per heavy atom. The summed E-state index contributed by atoms with van der Waals surface area (Å²) < 4.78 is 1.13. The molecule has 2 unspecified atom stereocenters. The third-order valence-electron chi connectivity index (χ3n) is 3.48. The number of nitrogens with one attached hydrogen (secondary N) is 1. The minimum absolute atomic E-state index is 0.441. The molecule has 1 nitrogen and oxygen atoms in total. The molecule has 1 N–H and O–H groups in total. The van der Waals surface area contributed by atoms with E-state index in [9.17, 15) is 0 Å². The van der Waals surface area contributed by atoms with E-state index in [-0.39, 0.29) is 0 Å². The molecule has 0 bridgehead atoms. The molecule has 112 valence electrons. The van der Waals surface area contributed by atoms with E-state index in [1.807, 2.05) is 12.1 Å². The van der Waals surface area contributed by atoms with E-state index in [0.29, 0.717) is 12.1 Å². The maximum absolute atomic E-state index is 5.91. The Labute approximate surface area is 140 Å². The van der Waals surface area contributed by atoms with E-state index in [1.54, 1.807) is 0 Å². The Bertz CT molecular complexity index is 499. The molecule has 2 aromatic rings. The predicted molar refractivity (Wildman–Crippen MR) is 95.1 cm³/mol. The second-order valence-corrected chi connectivity index (χ2v) is 6.98. The minimum Gasteiger partial charge on any atom is -0.311 e. The fourth-order valence-corrected chi connectivity index (χ4v) is 2.94. The fourth-order valence-electron chi connectivity index (χ4n) is 2.55. The maximum atomic E-state index is 5.91. The standard InChI is InChI=1S/C18H21BrClN/c1-13(11-15-3-7-17(19)8-4-15)21-14(2)12-16-5-9-18(20)10-6-16/h3-10,13-14,21H,11-12H2,1-2H3. The molecule has 0 fully saturated rings. The summed E-state index contributed by atoms with van der Waals surface area (Å²) in [6.45, 7) is 4.47. The summed E-state index contributed by atoms with van der Waals surface area (Å²) in [6, 6.07) is 17.5. The minimum atomic E-state index is 0.441. The van der Waals surface area contributed by atoms with Crippen LogP contribution < -0.4 is 5.32 Å². The molecule has 0 aliphatic heterocycles. The van der Waals surface area contributed by atoms with Gasteiger partial charge in [0.25, 0.3) is 0 Å². The summed E-state index contributed by atoms with van der Waals surface area (Å²) in [6.07, 6.45) is 2.06. The molecule has 0 aliphatic rings. The summed E-state index contributed by atoms with van der Waals surface area (Å²) in [7, 11) is 0. The molecule has 0 saturated heterocycles. The monoisotopic (exact) mass is 365 g/mol. The predicted octanol–water partition coefficient (Wildman–Crippen LogP) is 5.25. The molecule has 21 heavy (non-hydrogen) atoms. The van der Waals surface area contributed by atoms with E-state index in [4.69, 9.17) is 11.6 Å². The zero-order valence-corrected chi connectivity index (χ0v) is 14.8. The van der Waals surface area contributed by atoms with Gasteiger partial charge < -0.3 is 5.32 Å². The van der Waals surface area contributed by atoms with Crippen molar-refractivity contribution in [2.75, 3.05) is 0 Å². The van der Waals surface area contributed by atoms with Gasteiger partial charge in [0.1, 0.15) is 0 Å². The van der Waals surface area contributed by atoms with Crippen molar-refractivity contribution >= 4 is 27.5 Å². The molecule has 0 heterocycles. The zero-order valence-electron chi connectivity index (χ0n) is 12.4. The molecular formula is C18H21BrClN. The highest BCUT2D eigenvalue weighted by Gasteiger charge is 2.09. The van der Waals surface area contributed by atoms with Crippen molar-refractivity contribution in [1.82, 2.24) is 5.32 Å². The van der Waals surface area contributed by atoms with Crippen LogP contribution in [0.1, 0.15) is 25.0 Å². The van der Waals surface area contributed by atoms with Crippen LogP contribution in [-0.2, 0) is 12.8 Å². The highest BCUT2D eigenvalue weighted by molar-refractivity contribution is 9.10. The molecule has 2 atom stereocenters. The number of halogens is 2. The van der Waals surface area contributed by atoms with Crippen molar-refractivity contribution in [2.24, 2.45) is 0 Å². The SMILES string of the molecule is CC(Cc1ccc(Cl)cc1)NC(C)Cc1ccc(Br)cc1. The quantitative estimate of drug-likeness (QED) is 0.736. The van der Waals surface area contributed by atoms with Crippen molar-refractivity contribution < 1.29 is 0 Å². The molecule has 2 rings (SSSR count). The molecule has 0 aromatic heterocycles. The zero-order chi connectivity index (χ0) is 15.2. The van der Waals surface area contributed by atoms with Gasteiger partial charge in [0, 0.05) is 21.6 Å². The summed E-state index contributed by atoms with van der Waals surface area (Å²) in [5.41, 5.74) is 2.67. The van der Waals surface area contributed by atoms with Crippen LogP contribution in [0.2, 0.25) is 5.02 Å². The number of hydrogen-bond donors (Lipinski definition) is 1. The average molecular weight is 367 g/mol. The lowest BCUT2D eigenvalue weighted by Crippen LogP contribution is -2.37. The molecule has 0 saturated carbocycles. The van der Waals surface area contributed by atoms with Crippen LogP contribution in [0.4, 0.5) is 0 Å². The Morgan fingerprint density at radius 2 is 1.29 bits per heavy atom. The largest absolute Gasteiger partial charge is 0.311 e. The molecule has 0 radical (unpaired) electrons. The van der Waals surface area contributed by atoms with E-state index >= 15 is 0 Å². The van der Waals surface area contributed by atoms with Gasteiger partial charge in [-0.1, -0.05) is 51.8 Å². The first kappa shape index (κ1) is 16.5. The first-order chi connectivity index (χ1) is 10.0. The van der Waals surface area contributed by atoms with E-state index in [2.05, 4.69) is 71.5 Å². The van der Waals surface area contributed by atoms with Crippen LogP contribution in [0.3, 0.4) is 0 Å². The third kappa shape index (κ3) is 5.82. The first-order valence-corrected chi connectivity index (χ1v) is 8.45. The lowest BCUT2D eigenvalue weighted by molar-refractivity contribution is 0.462. The Morgan fingerprint density at radius 3 is 1.76 bits per heavy atom. The van der Waals surface area contributed by atoms with Gasteiger partial charge in [-0.05, 0) is 62.1 Å². The molecule has 0 amide bonds. The van der Waals surface area contributed by atoms with Gasteiger partial charge in [0.2, 0.25) is 0 Å². The summed E-state index contributed by atoms with van der Waals surface area (Å²) in [4.78, 5) is 0. The van der Waals surface area contributed by atoms with Gasteiger partial charge in [-0.15, -0.1) is 0 Å². The lowest BCUT2D eigenvalue weighted by Gasteiger charge is -2.20. The summed E-state index contributed by atoms with van der Waals surface area (Å²) in [5.74, 6) is 0. The summed E-state index contributed by atoms with van der Waals surface area (Å²) in [5, 5.41) is 4.46. The molecule has 2 aromatic carbocycles. The molecule has 0 aliphatic carbocycles. The van der Waals surface area contributed by atoms with Crippen molar-refractivity contribution in [3.05, 3.63) is 69.2 Å². The number of hydrogen-bond acceptors (Lipinski definition) is 1. The Kier molecular flexibility index (Phi) is 6.28. The van der Waals surface area contributed by atoms with Crippen LogP contribution in [0.25, 0.3) is 0 Å². The van der Waals surface area contributed by atoms with Crippen LogP contribution >= 0.6 is 27.5 Å². The first-order valence-electron chi connectivity index (χ1n) is 7.28. The second kappa shape index (κ2) is 7.98. The van der Waals surface area contributed by atoms with Crippen molar-refractivity contribution in [3.63, 3.8) is 0 Å². The Balaban J connectivity index is 1.82. The van der Waals surface area contributed by atoms with E-state index in [1.165, 1.54) is 11.1 Å². The van der Waals surface area contributed by atoms with Crippen LogP contribution in [0.15, 0.2) is 53.0 Å². The van der Waals surface area contributed by atoms with Crippen molar-refractivity contribution in [3.8, 4) is 0 Å². The smallest absolute Gasteiger partial charge is 0.0406 e. The lowest BCUT2D eigenvalue weighted by atomic mass is 10.0. The highest BCUT2D eigenvalue weighted by Crippen LogP contribution is 2.13.